The van der Waals surface area contributed by atoms with E-state index >= 15 is 0 Å². The predicted octanol–water partition coefficient (Wildman–Crippen LogP) is 1.15. The van der Waals surface area contributed by atoms with Crippen molar-refractivity contribution >= 4 is 11.8 Å². The Morgan fingerprint density at radius 1 is 1.25 bits per heavy atom. The number of aliphatic hydroxyl groups excluding tert-OH is 3. The molecule has 4 N–H and O–H groups in total. The number of ketones is 1. The van der Waals surface area contributed by atoms with Crippen LogP contribution in [0.15, 0.2) is 24.3 Å². The summed E-state index contributed by atoms with van der Waals surface area (Å²) < 4.78 is 10.7. The van der Waals surface area contributed by atoms with Crippen LogP contribution < -0.4 is 0 Å². The van der Waals surface area contributed by atoms with Crippen molar-refractivity contribution in [2.75, 3.05) is 13.2 Å². The second-order valence-electron chi connectivity index (χ2n) is 9.75. The number of carbonyl (C=O) groups is 2. The van der Waals surface area contributed by atoms with Crippen LogP contribution in [0.4, 0.5) is 0 Å². The molecule has 32 heavy (non-hydrogen) atoms. The average molecular weight is 455 g/mol. The van der Waals surface area contributed by atoms with E-state index < -0.39 is 64.9 Å². The molecular formula is C24H38O8. The Labute approximate surface area is 189 Å². The van der Waals surface area contributed by atoms with E-state index in [1.807, 2.05) is 0 Å². The molecule has 182 valence electrons. The molecule has 0 unspecified atom stereocenters. The Bertz CT molecular complexity index is 744. The van der Waals surface area contributed by atoms with E-state index in [0.717, 1.165) is 0 Å². The minimum atomic E-state index is -1.95. The molecule has 1 saturated carbocycles. The summed E-state index contributed by atoms with van der Waals surface area (Å²) in [6.07, 6.45) is -0.486. The molecule has 2 aliphatic carbocycles. The normalized spacial score (nSPS) is 39.8. The highest BCUT2D eigenvalue weighted by molar-refractivity contribution is 5.91. The zero-order chi connectivity index (χ0) is 24.4. The maximum atomic E-state index is 13.2. The monoisotopic (exact) mass is 454 g/mol. The number of carbonyl (C=O) groups excluding carboxylic acids is 2. The van der Waals surface area contributed by atoms with Crippen LogP contribution in [-0.2, 0) is 19.1 Å². The summed E-state index contributed by atoms with van der Waals surface area (Å²) in [5.41, 5.74) is -3.02. The Morgan fingerprint density at radius 3 is 2.47 bits per heavy atom. The van der Waals surface area contributed by atoms with Gasteiger partial charge >= 0.3 is 5.97 Å². The first-order chi connectivity index (χ1) is 14.8. The third-order valence-corrected chi connectivity index (χ3v) is 6.93. The van der Waals surface area contributed by atoms with Crippen LogP contribution in [-0.4, -0.2) is 74.9 Å². The van der Waals surface area contributed by atoms with Crippen LogP contribution in [0.2, 0.25) is 0 Å². The summed E-state index contributed by atoms with van der Waals surface area (Å²) in [6, 6.07) is 0. The molecule has 2 aliphatic rings. The first-order valence-corrected chi connectivity index (χ1v) is 11.2. The van der Waals surface area contributed by atoms with E-state index in [4.69, 9.17) is 9.47 Å². The Hall–Kier alpha value is -1.58. The maximum Gasteiger partial charge on any atom is 0.332 e. The number of allylic oxidation sites excluding steroid dienone is 1. The van der Waals surface area contributed by atoms with E-state index in [9.17, 15) is 30.0 Å². The second-order valence-corrected chi connectivity index (χ2v) is 9.75. The molecule has 0 spiro atoms. The van der Waals surface area contributed by atoms with Gasteiger partial charge in [0.05, 0.1) is 24.2 Å². The third kappa shape index (κ3) is 5.31. The van der Waals surface area contributed by atoms with Crippen molar-refractivity contribution in [1.29, 1.82) is 0 Å². The number of hydrogen-bond donors (Lipinski definition) is 4. The molecule has 0 heterocycles. The van der Waals surface area contributed by atoms with Crippen LogP contribution in [0.3, 0.4) is 0 Å². The molecule has 0 bridgehead atoms. The first kappa shape index (κ1) is 26.7. The van der Waals surface area contributed by atoms with E-state index in [2.05, 4.69) is 6.58 Å². The minimum Gasteiger partial charge on any atom is -0.457 e. The van der Waals surface area contributed by atoms with Gasteiger partial charge in [0.15, 0.2) is 5.78 Å². The van der Waals surface area contributed by atoms with E-state index in [1.165, 1.54) is 0 Å². The predicted molar refractivity (Wildman–Crippen MR) is 117 cm³/mol. The van der Waals surface area contributed by atoms with Crippen LogP contribution in [0.25, 0.3) is 0 Å². The van der Waals surface area contributed by atoms with Crippen LogP contribution >= 0.6 is 0 Å². The van der Waals surface area contributed by atoms with Gasteiger partial charge in [0.1, 0.15) is 17.8 Å². The molecule has 0 aromatic rings. The van der Waals surface area contributed by atoms with Gasteiger partial charge in [-0.15, -0.1) is 0 Å². The highest BCUT2D eigenvalue weighted by atomic mass is 16.6. The van der Waals surface area contributed by atoms with E-state index in [-0.39, 0.29) is 25.0 Å². The maximum absolute atomic E-state index is 13.2. The molecule has 0 radical (unpaired) electrons. The zero-order valence-electron chi connectivity index (χ0n) is 19.7. The molecule has 1 fully saturated rings. The zero-order valence-corrected chi connectivity index (χ0v) is 19.7. The van der Waals surface area contributed by atoms with Crippen molar-refractivity contribution in [3.05, 3.63) is 24.3 Å². The van der Waals surface area contributed by atoms with Gasteiger partial charge in [0.25, 0.3) is 0 Å². The average Bonchev–Trinajstić information content (AvgIpc) is 2.95. The summed E-state index contributed by atoms with van der Waals surface area (Å²) in [7, 11) is 0. The van der Waals surface area contributed by atoms with Crippen molar-refractivity contribution in [3.63, 3.8) is 0 Å². The molecule has 0 aromatic carbocycles. The first-order valence-electron chi connectivity index (χ1n) is 11.2. The standard InChI is InChI=1S/C24H38O8/c1-7-31-12-18(26)32-23(5,6)16-9-8-13(2)22(29)24(30)11-14(3)20(27)19(24)21(28)15(4)17(25)10-16/h8-9,13-14,16-17,19-21,25,27-28,30H,4,7,10-12H2,1-3,5-6H3/b9-8+/t13-,14+,16-,17+,19-,20+,21+,24-/m1/s1. The fourth-order valence-electron chi connectivity index (χ4n) is 4.88. The van der Waals surface area contributed by atoms with Crippen molar-refractivity contribution < 1.29 is 39.5 Å². The summed E-state index contributed by atoms with van der Waals surface area (Å²) >= 11 is 0. The van der Waals surface area contributed by atoms with Gasteiger partial charge in [-0.05, 0) is 45.1 Å². The molecular weight excluding hydrogens is 416 g/mol. The van der Waals surface area contributed by atoms with Crippen LogP contribution in [0.5, 0.6) is 0 Å². The van der Waals surface area contributed by atoms with E-state index in [0.29, 0.717) is 6.61 Å². The van der Waals surface area contributed by atoms with Gasteiger partial charge in [-0.1, -0.05) is 32.6 Å². The number of rotatable bonds is 5. The van der Waals surface area contributed by atoms with Crippen LogP contribution in [0.1, 0.15) is 47.5 Å². The largest absolute Gasteiger partial charge is 0.457 e. The summed E-state index contributed by atoms with van der Waals surface area (Å²) in [4.78, 5) is 25.4. The smallest absolute Gasteiger partial charge is 0.332 e. The van der Waals surface area contributed by atoms with Crippen LogP contribution in [0, 0.1) is 23.7 Å². The number of esters is 1. The number of aliphatic hydroxyl groups is 4. The van der Waals surface area contributed by atoms with Crippen molar-refractivity contribution in [2.24, 2.45) is 23.7 Å². The quantitative estimate of drug-likeness (QED) is 0.359. The van der Waals surface area contributed by atoms with Gasteiger partial charge < -0.3 is 29.9 Å². The highest BCUT2D eigenvalue weighted by Crippen LogP contribution is 2.46. The SMILES string of the molecule is C=C1[C@@H](O)C[C@H](C(C)(C)OC(=O)COCC)/C=C/[C@@H](C)C(=O)[C@@]2(O)C[C@H](C)[C@H](O)[C@@H]2[C@H]1O. The molecule has 8 atom stereocenters. The van der Waals surface area contributed by atoms with Gasteiger partial charge in [0.2, 0.25) is 0 Å². The number of hydrogen-bond acceptors (Lipinski definition) is 8. The molecule has 2 rings (SSSR count). The number of Topliss-reactive ketones (excluding diaryl/α,β-unsaturated/α-hetero) is 1. The molecule has 0 amide bonds. The summed E-state index contributed by atoms with van der Waals surface area (Å²) in [5, 5.41) is 43.8. The molecule has 0 aromatic heterocycles. The van der Waals surface area contributed by atoms with Gasteiger partial charge in [-0.3, -0.25) is 4.79 Å². The fourth-order valence-corrected chi connectivity index (χ4v) is 4.88. The van der Waals surface area contributed by atoms with Gasteiger partial charge in [0, 0.05) is 18.4 Å². The molecule has 8 heteroatoms. The Balaban J connectivity index is 2.41. The molecule has 0 saturated heterocycles. The highest BCUT2D eigenvalue weighted by Gasteiger charge is 2.59. The summed E-state index contributed by atoms with van der Waals surface area (Å²) in [6.45, 7) is 12.4. The lowest BCUT2D eigenvalue weighted by Crippen LogP contribution is -2.52. The third-order valence-electron chi connectivity index (χ3n) is 6.93. The topological polar surface area (TPSA) is 134 Å². The van der Waals surface area contributed by atoms with Crippen molar-refractivity contribution in [3.8, 4) is 0 Å². The number of ether oxygens (including phenoxy) is 2. The summed E-state index contributed by atoms with van der Waals surface area (Å²) in [5.74, 6) is -3.94. The molecule has 8 nitrogen and oxygen atoms in total. The van der Waals surface area contributed by atoms with Gasteiger partial charge in [-0.25, -0.2) is 4.79 Å². The lowest BCUT2D eigenvalue weighted by molar-refractivity contribution is -0.166. The Morgan fingerprint density at radius 2 is 1.88 bits per heavy atom. The van der Waals surface area contributed by atoms with E-state index in [1.54, 1.807) is 46.8 Å². The van der Waals surface area contributed by atoms with Crippen molar-refractivity contribution in [1.82, 2.24) is 0 Å². The minimum absolute atomic E-state index is 0.000243. The Kier molecular flexibility index (Phi) is 8.45. The van der Waals surface area contributed by atoms with Crippen molar-refractivity contribution in [2.45, 2.75) is 77.0 Å². The second kappa shape index (κ2) is 10.1. The lowest BCUT2D eigenvalue weighted by Gasteiger charge is -2.37. The van der Waals surface area contributed by atoms with Gasteiger partial charge in [-0.2, -0.15) is 0 Å². The lowest BCUT2D eigenvalue weighted by atomic mass is 9.76. The number of fused-ring (bicyclic) bond motifs is 1. The fraction of sp³-hybridized carbons (Fsp3) is 0.750. The molecule has 0 aliphatic heterocycles.